The van der Waals surface area contributed by atoms with Gasteiger partial charge >= 0.3 is 0 Å². The highest BCUT2D eigenvalue weighted by molar-refractivity contribution is 5.97. The zero-order valence-electron chi connectivity index (χ0n) is 12.9. The fourth-order valence-corrected chi connectivity index (χ4v) is 2.71. The Kier molecular flexibility index (Phi) is 3.71. The summed E-state index contributed by atoms with van der Waals surface area (Å²) in [5, 5.41) is 0. The van der Waals surface area contributed by atoms with Gasteiger partial charge in [-0.1, -0.05) is 30.3 Å². The highest BCUT2D eigenvalue weighted by Crippen LogP contribution is 2.35. The minimum atomic E-state index is 0.0685. The van der Waals surface area contributed by atoms with Gasteiger partial charge in [0.15, 0.2) is 17.3 Å². The van der Waals surface area contributed by atoms with Gasteiger partial charge in [-0.25, -0.2) is 0 Å². The smallest absolute Gasteiger partial charge is 0.231 e. The van der Waals surface area contributed by atoms with E-state index in [9.17, 15) is 4.79 Å². The molecule has 0 atom stereocenters. The van der Waals surface area contributed by atoms with Gasteiger partial charge in [-0.15, -0.1) is 0 Å². The third-order valence-corrected chi connectivity index (χ3v) is 4.01. The van der Waals surface area contributed by atoms with E-state index in [1.165, 1.54) is 0 Å². The maximum atomic E-state index is 12.2. The van der Waals surface area contributed by atoms with Crippen molar-refractivity contribution in [2.75, 3.05) is 6.79 Å². The molecule has 1 aliphatic rings. The lowest BCUT2D eigenvalue weighted by molar-refractivity contribution is 0.0992. The molecule has 0 fully saturated rings. The van der Waals surface area contributed by atoms with Gasteiger partial charge in [0.05, 0.1) is 0 Å². The maximum Gasteiger partial charge on any atom is 0.231 e. The molecular weight excluding hydrogens is 302 g/mol. The van der Waals surface area contributed by atoms with Crippen molar-refractivity contribution < 1.29 is 14.3 Å². The Morgan fingerprint density at radius 2 is 1.75 bits per heavy atom. The molecule has 24 heavy (non-hydrogen) atoms. The lowest BCUT2D eigenvalue weighted by Crippen LogP contribution is -2.03. The summed E-state index contributed by atoms with van der Waals surface area (Å²) >= 11 is 0. The first-order valence-electron chi connectivity index (χ1n) is 7.72. The number of carbonyl (C=O) groups excluding carboxylic acids is 1. The van der Waals surface area contributed by atoms with Crippen LogP contribution in [0.2, 0.25) is 0 Å². The predicted octanol–water partition coefficient (Wildman–Crippen LogP) is 3.90. The van der Waals surface area contributed by atoms with Crippen molar-refractivity contribution in [1.82, 2.24) is 4.98 Å². The second kappa shape index (κ2) is 6.16. The number of fused-ring (bicyclic) bond motifs is 1. The molecule has 0 bridgehead atoms. The number of aromatic nitrogens is 1. The summed E-state index contributed by atoms with van der Waals surface area (Å²) in [6.07, 6.45) is 3.63. The van der Waals surface area contributed by atoms with Crippen LogP contribution >= 0.6 is 0 Å². The highest BCUT2D eigenvalue weighted by Gasteiger charge is 2.14. The van der Waals surface area contributed by atoms with Gasteiger partial charge in [0.25, 0.3) is 0 Å². The Bertz CT molecular complexity index is 873. The van der Waals surface area contributed by atoms with Crippen LogP contribution in [0.5, 0.6) is 11.5 Å². The number of ketones is 1. The number of Topliss-reactive ketones (excluding diaryl/α,β-unsaturated/α-hetero) is 1. The lowest BCUT2D eigenvalue weighted by Gasteiger charge is -2.06. The Balaban J connectivity index is 1.52. The first-order chi connectivity index (χ1) is 11.8. The van der Waals surface area contributed by atoms with Crippen molar-refractivity contribution in [3.05, 3.63) is 78.1 Å². The molecule has 1 aliphatic heterocycles. The summed E-state index contributed by atoms with van der Waals surface area (Å²) in [6, 6.07) is 17.4. The Labute approximate surface area is 139 Å². The van der Waals surface area contributed by atoms with E-state index < -0.39 is 0 Å². The van der Waals surface area contributed by atoms with E-state index in [0.29, 0.717) is 12.0 Å². The van der Waals surface area contributed by atoms with Crippen molar-refractivity contribution in [2.24, 2.45) is 0 Å². The average Bonchev–Trinajstić information content (AvgIpc) is 3.11. The van der Waals surface area contributed by atoms with Crippen LogP contribution in [0.4, 0.5) is 0 Å². The third kappa shape index (κ3) is 2.86. The normalized spacial score (nSPS) is 12.2. The molecule has 0 aliphatic carbocycles. The molecule has 0 amide bonds. The quantitative estimate of drug-likeness (QED) is 0.685. The van der Waals surface area contributed by atoms with Gasteiger partial charge in [0.1, 0.15) is 0 Å². The van der Waals surface area contributed by atoms with Crippen LogP contribution < -0.4 is 9.47 Å². The molecule has 0 radical (unpaired) electrons. The summed E-state index contributed by atoms with van der Waals surface area (Å²) in [7, 11) is 0. The number of hydrogen-bond donors (Lipinski definition) is 0. The fraction of sp³-hybridized carbons (Fsp3) is 0.100. The Morgan fingerprint density at radius 1 is 0.958 bits per heavy atom. The average molecular weight is 317 g/mol. The molecule has 4 rings (SSSR count). The molecule has 3 aromatic rings. The summed E-state index contributed by atoms with van der Waals surface area (Å²) < 4.78 is 10.7. The van der Waals surface area contributed by atoms with E-state index in [1.807, 2.05) is 42.5 Å². The highest BCUT2D eigenvalue weighted by atomic mass is 16.7. The number of pyridine rings is 1. The fourth-order valence-electron chi connectivity index (χ4n) is 2.71. The molecule has 1 aromatic heterocycles. The van der Waals surface area contributed by atoms with Crippen LogP contribution in [0.1, 0.15) is 15.9 Å². The minimum absolute atomic E-state index is 0.0685. The molecule has 118 valence electrons. The van der Waals surface area contributed by atoms with Gasteiger partial charge in [-0.3, -0.25) is 9.78 Å². The monoisotopic (exact) mass is 317 g/mol. The summed E-state index contributed by atoms with van der Waals surface area (Å²) in [4.78, 5) is 16.2. The second-order valence-electron chi connectivity index (χ2n) is 5.61. The molecule has 0 unspecified atom stereocenters. The molecule has 2 heterocycles. The zero-order valence-corrected chi connectivity index (χ0v) is 12.9. The predicted molar refractivity (Wildman–Crippen MR) is 90.3 cm³/mol. The van der Waals surface area contributed by atoms with Crippen molar-refractivity contribution >= 4 is 5.78 Å². The zero-order chi connectivity index (χ0) is 16.4. The molecule has 4 nitrogen and oxygen atoms in total. The number of rotatable bonds is 4. The summed E-state index contributed by atoms with van der Waals surface area (Å²) in [6.45, 7) is 0.272. The van der Waals surface area contributed by atoms with Gasteiger partial charge in [-0.05, 0) is 41.0 Å². The van der Waals surface area contributed by atoms with Crippen LogP contribution in [0.25, 0.3) is 11.1 Å². The first-order valence-corrected chi connectivity index (χ1v) is 7.72. The number of hydrogen-bond acceptors (Lipinski definition) is 4. The molecule has 0 spiro atoms. The number of benzene rings is 2. The van der Waals surface area contributed by atoms with Crippen molar-refractivity contribution in [2.45, 2.75) is 6.42 Å². The van der Waals surface area contributed by atoms with E-state index in [-0.39, 0.29) is 12.6 Å². The molecule has 2 aromatic carbocycles. The first kappa shape index (κ1) is 14.5. The SMILES string of the molecule is O=C(Cc1ccc(-c2ccc3c(c2)OCO3)cc1)c1cccnc1. The van der Waals surface area contributed by atoms with Crippen LogP contribution in [0.3, 0.4) is 0 Å². The van der Waals surface area contributed by atoms with Crippen LogP contribution in [0, 0.1) is 0 Å². The van der Waals surface area contributed by atoms with Crippen LogP contribution in [0.15, 0.2) is 67.0 Å². The van der Waals surface area contributed by atoms with E-state index in [0.717, 1.165) is 28.2 Å². The Hall–Kier alpha value is -3.14. The van der Waals surface area contributed by atoms with Crippen LogP contribution in [-0.2, 0) is 6.42 Å². The summed E-state index contributed by atoms with van der Waals surface area (Å²) in [5.41, 5.74) is 3.75. The van der Waals surface area contributed by atoms with Gasteiger partial charge in [0, 0.05) is 24.4 Å². The molecule has 0 saturated heterocycles. The van der Waals surface area contributed by atoms with E-state index >= 15 is 0 Å². The molecular formula is C20H15NO3. The number of nitrogens with zero attached hydrogens (tertiary/aromatic N) is 1. The maximum absolute atomic E-state index is 12.2. The van der Waals surface area contributed by atoms with E-state index in [4.69, 9.17) is 9.47 Å². The Morgan fingerprint density at radius 3 is 2.54 bits per heavy atom. The van der Waals surface area contributed by atoms with E-state index in [2.05, 4.69) is 4.98 Å². The third-order valence-electron chi connectivity index (χ3n) is 4.01. The van der Waals surface area contributed by atoms with Crippen molar-refractivity contribution in [1.29, 1.82) is 0 Å². The van der Waals surface area contributed by atoms with Gasteiger partial charge < -0.3 is 9.47 Å². The van der Waals surface area contributed by atoms with E-state index in [1.54, 1.807) is 24.5 Å². The lowest BCUT2D eigenvalue weighted by atomic mass is 10.00. The minimum Gasteiger partial charge on any atom is -0.454 e. The second-order valence-corrected chi connectivity index (χ2v) is 5.61. The number of ether oxygens (including phenoxy) is 2. The van der Waals surface area contributed by atoms with Crippen molar-refractivity contribution in [3.63, 3.8) is 0 Å². The molecule has 0 N–H and O–H groups in total. The van der Waals surface area contributed by atoms with Gasteiger partial charge in [0.2, 0.25) is 6.79 Å². The summed E-state index contributed by atoms with van der Waals surface area (Å²) in [5.74, 6) is 1.61. The topological polar surface area (TPSA) is 48.4 Å². The van der Waals surface area contributed by atoms with Crippen molar-refractivity contribution in [3.8, 4) is 22.6 Å². The van der Waals surface area contributed by atoms with Gasteiger partial charge in [-0.2, -0.15) is 0 Å². The van der Waals surface area contributed by atoms with Crippen LogP contribution in [-0.4, -0.2) is 17.6 Å². The number of carbonyl (C=O) groups is 1. The molecule has 4 heteroatoms. The standard InChI is InChI=1S/C20H15NO3/c22-18(17-2-1-9-21-12-17)10-14-3-5-15(6-4-14)16-7-8-19-20(11-16)24-13-23-19/h1-9,11-12H,10,13H2. The molecule has 0 saturated carbocycles. The largest absolute Gasteiger partial charge is 0.454 e.